The minimum absolute atomic E-state index is 0.413. The molecule has 2 aromatic heterocycles. The Labute approximate surface area is 120 Å². The van der Waals surface area contributed by atoms with Crippen molar-refractivity contribution in [2.75, 3.05) is 0 Å². The summed E-state index contributed by atoms with van der Waals surface area (Å²) in [4.78, 5) is 22.2. The zero-order chi connectivity index (χ0) is 14.7. The van der Waals surface area contributed by atoms with Crippen LogP contribution in [0.3, 0.4) is 0 Å². The lowest BCUT2D eigenvalue weighted by molar-refractivity contribution is -0.113. The maximum absolute atomic E-state index is 10.9. The average molecular weight is 280 g/mol. The maximum atomic E-state index is 10.9. The van der Waals surface area contributed by atoms with E-state index in [9.17, 15) is 4.79 Å². The fourth-order valence-corrected chi connectivity index (χ4v) is 1.94. The number of primary amides is 1. The van der Waals surface area contributed by atoms with Gasteiger partial charge < -0.3 is 15.5 Å². The van der Waals surface area contributed by atoms with Crippen molar-refractivity contribution < 1.29 is 9.53 Å². The Morgan fingerprint density at radius 2 is 2.05 bits per heavy atom. The van der Waals surface area contributed by atoms with E-state index in [-0.39, 0.29) is 0 Å². The van der Waals surface area contributed by atoms with E-state index >= 15 is 0 Å². The molecule has 0 saturated heterocycles. The van der Waals surface area contributed by atoms with Crippen LogP contribution < -0.4 is 10.5 Å². The fraction of sp³-hybridized carbons (Fsp3) is 0. The van der Waals surface area contributed by atoms with Crippen LogP contribution in [0.25, 0.3) is 17.1 Å². The SMILES string of the molecule is NC(=O)C=Cc1c[nH]c2ncnc(Oc3ccccc3)c12. The van der Waals surface area contributed by atoms with Gasteiger partial charge in [-0.25, -0.2) is 9.97 Å². The number of hydrogen-bond acceptors (Lipinski definition) is 4. The van der Waals surface area contributed by atoms with Gasteiger partial charge >= 0.3 is 0 Å². The molecule has 6 heteroatoms. The minimum atomic E-state index is -0.522. The summed E-state index contributed by atoms with van der Waals surface area (Å²) in [6.07, 6.45) is 6.01. The molecule has 0 aliphatic rings. The Kier molecular flexibility index (Phi) is 3.34. The van der Waals surface area contributed by atoms with Gasteiger partial charge in [0.2, 0.25) is 11.8 Å². The molecule has 3 N–H and O–H groups in total. The number of carbonyl (C=O) groups is 1. The molecule has 3 aromatic rings. The van der Waals surface area contributed by atoms with E-state index in [1.54, 1.807) is 12.3 Å². The van der Waals surface area contributed by atoms with E-state index in [4.69, 9.17) is 10.5 Å². The summed E-state index contributed by atoms with van der Waals surface area (Å²) in [5.74, 6) is 0.562. The molecule has 0 saturated carbocycles. The average Bonchev–Trinajstić information content (AvgIpc) is 2.90. The molecule has 1 aromatic carbocycles. The highest BCUT2D eigenvalue weighted by molar-refractivity contribution is 5.96. The maximum Gasteiger partial charge on any atom is 0.241 e. The topological polar surface area (TPSA) is 93.9 Å². The van der Waals surface area contributed by atoms with Crippen molar-refractivity contribution in [1.29, 1.82) is 0 Å². The summed E-state index contributed by atoms with van der Waals surface area (Å²) in [6, 6.07) is 9.32. The standard InChI is InChI=1S/C15H12N4O2/c16-12(20)7-6-10-8-17-14-13(10)15(19-9-18-14)21-11-4-2-1-3-5-11/h1-9H,(H2,16,20)(H,17,18,19). The number of aromatic amines is 1. The second-order valence-corrected chi connectivity index (χ2v) is 4.30. The third kappa shape index (κ3) is 2.74. The monoisotopic (exact) mass is 280 g/mol. The zero-order valence-electron chi connectivity index (χ0n) is 11.0. The molecular weight excluding hydrogens is 268 g/mol. The van der Waals surface area contributed by atoms with Gasteiger partial charge in [0.15, 0.2) is 0 Å². The molecule has 1 amide bonds. The highest BCUT2D eigenvalue weighted by Gasteiger charge is 2.11. The lowest BCUT2D eigenvalue weighted by atomic mass is 10.2. The molecule has 0 unspecified atom stereocenters. The van der Waals surface area contributed by atoms with Gasteiger partial charge in [0, 0.05) is 17.8 Å². The molecule has 0 spiro atoms. The van der Waals surface area contributed by atoms with Crippen LogP contribution in [0.5, 0.6) is 11.6 Å². The summed E-state index contributed by atoms with van der Waals surface area (Å²) < 4.78 is 5.78. The summed E-state index contributed by atoms with van der Waals surface area (Å²) in [6.45, 7) is 0. The number of benzene rings is 1. The van der Waals surface area contributed by atoms with Crippen LogP contribution in [-0.4, -0.2) is 20.9 Å². The van der Waals surface area contributed by atoms with Gasteiger partial charge in [-0.1, -0.05) is 18.2 Å². The molecule has 0 aliphatic carbocycles. The van der Waals surface area contributed by atoms with Gasteiger partial charge in [-0.2, -0.15) is 0 Å². The third-order valence-corrected chi connectivity index (χ3v) is 2.85. The molecule has 2 heterocycles. The van der Waals surface area contributed by atoms with Gasteiger partial charge in [-0.05, 0) is 18.2 Å². The summed E-state index contributed by atoms with van der Waals surface area (Å²) in [5.41, 5.74) is 6.47. The van der Waals surface area contributed by atoms with Crippen LogP contribution in [0.2, 0.25) is 0 Å². The highest BCUT2D eigenvalue weighted by Crippen LogP contribution is 2.29. The van der Waals surface area contributed by atoms with Gasteiger partial charge in [0.25, 0.3) is 0 Å². The highest BCUT2D eigenvalue weighted by atomic mass is 16.5. The fourth-order valence-electron chi connectivity index (χ4n) is 1.94. The van der Waals surface area contributed by atoms with E-state index in [1.165, 1.54) is 12.4 Å². The van der Waals surface area contributed by atoms with Gasteiger partial charge in [-0.3, -0.25) is 4.79 Å². The van der Waals surface area contributed by atoms with E-state index < -0.39 is 5.91 Å². The van der Waals surface area contributed by atoms with Crippen molar-refractivity contribution in [2.24, 2.45) is 5.73 Å². The van der Waals surface area contributed by atoms with Crippen molar-refractivity contribution in [3.05, 3.63) is 54.5 Å². The van der Waals surface area contributed by atoms with Crippen molar-refractivity contribution in [1.82, 2.24) is 15.0 Å². The van der Waals surface area contributed by atoms with Crippen molar-refractivity contribution in [3.63, 3.8) is 0 Å². The van der Waals surface area contributed by atoms with Crippen LogP contribution in [0, 0.1) is 0 Å². The van der Waals surface area contributed by atoms with E-state index in [2.05, 4.69) is 15.0 Å². The predicted octanol–water partition coefficient (Wildman–Crippen LogP) is 2.25. The smallest absolute Gasteiger partial charge is 0.241 e. The first-order chi connectivity index (χ1) is 10.2. The van der Waals surface area contributed by atoms with Crippen LogP contribution >= 0.6 is 0 Å². The molecular formula is C15H12N4O2. The molecule has 0 aliphatic heterocycles. The molecule has 0 bridgehead atoms. The molecule has 0 fully saturated rings. The Morgan fingerprint density at radius 1 is 1.24 bits per heavy atom. The first kappa shape index (κ1) is 12.9. The lowest BCUT2D eigenvalue weighted by Crippen LogP contribution is -2.05. The number of nitrogens with one attached hydrogen (secondary N) is 1. The predicted molar refractivity (Wildman–Crippen MR) is 78.6 cm³/mol. The van der Waals surface area contributed by atoms with Crippen molar-refractivity contribution in [3.8, 4) is 11.6 Å². The van der Waals surface area contributed by atoms with Gasteiger partial charge in [0.1, 0.15) is 17.7 Å². The number of carbonyl (C=O) groups excluding carboxylic acids is 1. The van der Waals surface area contributed by atoms with Crippen LogP contribution in [-0.2, 0) is 4.79 Å². The van der Waals surface area contributed by atoms with E-state index in [0.717, 1.165) is 5.56 Å². The van der Waals surface area contributed by atoms with Crippen molar-refractivity contribution in [2.45, 2.75) is 0 Å². The van der Waals surface area contributed by atoms with Crippen LogP contribution in [0.15, 0.2) is 48.9 Å². The van der Waals surface area contributed by atoms with E-state index in [1.807, 2.05) is 30.3 Å². The number of H-pyrrole nitrogens is 1. The molecule has 0 radical (unpaired) electrons. The Morgan fingerprint density at radius 3 is 2.81 bits per heavy atom. The molecule has 3 rings (SSSR count). The molecule has 104 valence electrons. The number of ether oxygens (including phenoxy) is 1. The normalized spacial score (nSPS) is 11.0. The van der Waals surface area contributed by atoms with E-state index in [0.29, 0.717) is 22.7 Å². The van der Waals surface area contributed by atoms with Crippen LogP contribution in [0.4, 0.5) is 0 Å². The second kappa shape index (κ2) is 5.46. The number of para-hydroxylation sites is 1. The summed E-state index contributed by atoms with van der Waals surface area (Å²) >= 11 is 0. The minimum Gasteiger partial charge on any atom is -0.438 e. The number of fused-ring (bicyclic) bond motifs is 1. The largest absolute Gasteiger partial charge is 0.438 e. The Balaban J connectivity index is 2.06. The quantitative estimate of drug-likeness (QED) is 0.717. The first-order valence-corrected chi connectivity index (χ1v) is 6.26. The number of rotatable bonds is 4. The molecule has 0 atom stereocenters. The van der Waals surface area contributed by atoms with Crippen molar-refractivity contribution >= 4 is 23.0 Å². The summed E-state index contributed by atoms with van der Waals surface area (Å²) in [7, 11) is 0. The first-order valence-electron chi connectivity index (χ1n) is 6.26. The number of nitrogens with two attached hydrogens (primary N) is 1. The Hall–Kier alpha value is -3.15. The Bertz CT molecular complexity index is 809. The third-order valence-electron chi connectivity index (χ3n) is 2.85. The number of nitrogens with zero attached hydrogens (tertiary/aromatic N) is 2. The summed E-state index contributed by atoms with van der Waals surface area (Å²) in [5, 5.41) is 0.693. The molecule has 21 heavy (non-hydrogen) atoms. The number of amides is 1. The lowest BCUT2D eigenvalue weighted by Gasteiger charge is -2.05. The zero-order valence-corrected chi connectivity index (χ0v) is 11.0. The van der Waals surface area contributed by atoms with Gasteiger partial charge in [0.05, 0.1) is 5.39 Å². The number of aromatic nitrogens is 3. The second-order valence-electron chi connectivity index (χ2n) is 4.30. The van der Waals surface area contributed by atoms with Crippen LogP contribution in [0.1, 0.15) is 5.56 Å². The number of hydrogen-bond donors (Lipinski definition) is 2. The molecule has 6 nitrogen and oxygen atoms in total. The van der Waals surface area contributed by atoms with Gasteiger partial charge in [-0.15, -0.1) is 0 Å².